The molecule has 1 atom stereocenters. The van der Waals surface area contributed by atoms with Crippen LogP contribution in [0.25, 0.3) is 0 Å². The Bertz CT molecular complexity index is 210. The average Bonchev–Trinajstić information content (AvgIpc) is 2.37. The number of ether oxygens (including phenoxy) is 2. The first-order chi connectivity index (χ1) is 8.29. The third kappa shape index (κ3) is 5.07. The van der Waals surface area contributed by atoms with E-state index >= 15 is 0 Å². The minimum atomic E-state index is -0.0489. The highest BCUT2D eigenvalue weighted by Crippen LogP contribution is 2.31. The highest BCUT2D eigenvalue weighted by atomic mass is 16.5. The van der Waals surface area contributed by atoms with Gasteiger partial charge in [-0.05, 0) is 25.2 Å². The Balaban J connectivity index is 2.42. The van der Waals surface area contributed by atoms with Crippen LogP contribution in [0.2, 0.25) is 0 Å². The molecule has 100 valence electrons. The Hall–Kier alpha value is -0.570. The number of hydrogen-bond acceptors (Lipinski definition) is 3. The molecule has 1 unspecified atom stereocenters. The highest BCUT2D eigenvalue weighted by molar-refractivity contribution is 5.73. The third-order valence-electron chi connectivity index (χ3n) is 3.61. The molecule has 3 nitrogen and oxygen atoms in total. The number of hydrogen-bond donors (Lipinski definition) is 0. The van der Waals surface area contributed by atoms with Gasteiger partial charge in [-0.25, -0.2) is 0 Å². The van der Waals surface area contributed by atoms with E-state index in [1.54, 1.807) is 7.11 Å². The second-order valence-electron chi connectivity index (χ2n) is 4.98. The summed E-state index contributed by atoms with van der Waals surface area (Å²) >= 11 is 0. The van der Waals surface area contributed by atoms with Crippen molar-refractivity contribution in [3.05, 3.63) is 0 Å². The van der Waals surface area contributed by atoms with Crippen molar-refractivity contribution in [1.82, 2.24) is 0 Å². The Kier molecular flexibility index (Phi) is 7.25. The minimum Gasteiger partial charge on any atom is -0.465 e. The van der Waals surface area contributed by atoms with Crippen LogP contribution in [-0.2, 0) is 14.3 Å². The number of esters is 1. The Morgan fingerprint density at radius 1 is 1.29 bits per heavy atom. The first-order valence-corrected chi connectivity index (χ1v) is 6.95. The Morgan fingerprint density at radius 3 is 2.59 bits per heavy atom. The largest absolute Gasteiger partial charge is 0.465 e. The van der Waals surface area contributed by atoms with Gasteiger partial charge in [0.15, 0.2) is 0 Å². The van der Waals surface area contributed by atoms with Gasteiger partial charge in [0.05, 0.1) is 19.1 Å². The molecule has 0 spiro atoms. The maximum Gasteiger partial charge on any atom is 0.311 e. The Labute approximate surface area is 105 Å². The van der Waals surface area contributed by atoms with Crippen LogP contribution >= 0.6 is 0 Å². The molecule has 1 saturated carbocycles. The lowest BCUT2D eigenvalue weighted by atomic mass is 9.80. The molecule has 0 aromatic rings. The van der Waals surface area contributed by atoms with E-state index in [0.29, 0.717) is 19.1 Å². The van der Waals surface area contributed by atoms with Crippen molar-refractivity contribution in [2.24, 2.45) is 11.8 Å². The van der Waals surface area contributed by atoms with Crippen LogP contribution in [0.1, 0.15) is 51.9 Å². The fraction of sp³-hybridized carbons (Fsp3) is 0.929. The number of rotatable bonds is 7. The summed E-state index contributed by atoms with van der Waals surface area (Å²) in [6, 6.07) is 0. The summed E-state index contributed by atoms with van der Waals surface area (Å²) in [4.78, 5) is 12.0. The van der Waals surface area contributed by atoms with Crippen molar-refractivity contribution in [1.29, 1.82) is 0 Å². The summed E-state index contributed by atoms with van der Waals surface area (Å²) in [6.45, 7) is 3.17. The van der Waals surface area contributed by atoms with Crippen molar-refractivity contribution < 1.29 is 14.3 Å². The van der Waals surface area contributed by atoms with E-state index in [-0.39, 0.29) is 11.9 Å². The topological polar surface area (TPSA) is 35.5 Å². The fourth-order valence-electron chi connectivity index (χ4n) is 2.54. The van der Waals surface area contributed by atoms with Crippen LogP contribution in [0, 0.1) is 11.8 Å². The summed E-state index contributed by atoms with van der Waals surface area (Å²) < 4.78 is 10.5. The number of unbranched alkanes of at least 4 members (excludes halogenated alkanes) is 1. The summed E-state index contributed by atoms with van der Waals surface area (Å²) in [6.07, 6.45) is 8.11. The Morgan fingerprint density at radius 2 is 2.00 bits per heavy atom. The third-order valence-corrected chi connectivity index (χ3v) is 3.61. The summed E-state index contributed by atoms with van der Waals surface area (Å²) in [5.41, 5.74) is 0. The molecule has 0 bridgehead atoms. The van der Waals surface area contributed by atoms with Gasteiger partial charge in [-0.1, -0.05) is 32.6 Å². The normalized spacial score (nSPS) is 18.9. The quantitative estimate of drug-likeness (QED) is 0.508. The fourth-order valence-corrected chi connectivity index (χ4v) is 2.54. The standard InChI is InChI=1S/C14H26O3/c1-3-4-10-17-14(15)13(11-16-2)12-8-6-5-7-9-12/h12-13H,3-11H2,1-2H3. The van der Waals surface area contributed by atoms with Gasteiger partial charge in [0.2, 0.25) is 0 Å². The summed E-state index contributed by atoms with van der Waals surface area (Å²) in [5, 5.41) is 0. The molecular formula is C14H26O3. The molecular weight excluding hydrogens is 216 g/mol. The van der Waals surface area contributed by atoms with Gasteiger partial charge in [-0.3, -0.25) is 4.79 Å². The van der Waals surface area contributed by atoms with Crippen molar-refractivity contribution in [3.8, 4) is 0 Å². The number of methoxy groups -OCH3 is 1. The van der Waals surface area contributed by atoms with E-state index in [2.05, 4.69) is 6.92 Å². The van der Waals surface area contributed by atoms with Crippen LogP contribution in [0.15, 0.2) is 0 Å². The summed E-state index contributed by atoms with van der Waals surface area (Å²) in [5.74, 6) is 0.377. The van der Waals surface area contributed by atoms with E-state index in [1.165, 1.54) is 19.3 Å². The monoisotopic (exact) mass is 242 g/mol. The van der Waals surface area contributed by atoms with Crippen molar-refractivity contribution in [2.45, 2.75) is 51.9 Å². The van der Waals surface area contributed by atoms with Crippen molar-refractivity contribution in [3.63, 3.8) is 0 Å². The molecule has 0 aliphatic heterocycles. The molecule has 0 heterocycles. The van der Waals surface area contributed by atoms with Gasteiger partial charge in [0.1, 0.15) is 0 Å². The molecule has 0 N–H and O–H groups in total. The van der Waals surface area contributed by atoms with Gasteiger partial charge in [-0.15, -0.1) is 0 Å². The van der Waals surface area contributed by atoms with Crippen molar-refractivity contribution in [2.75, 3.05) is 20.3 Å². The minimum absolute atomic E-state index is 0.0443. The molecule has 0 aromatic heterocycles. The molecule has 0 saturated heterocycles. The van der Waals surface area contributed by atoms with Gasteiger partial charge in [0.25, 0.3) is 0 Å². The van der Waals surface area contributed by atoms with Crippen molar-refractivity contribution >= 4 is 5.97 Å². The first-order valence-electron chi connectivity index (χ1n) is 6.95. The molecule has 0 amide bonds. The molecule has 0 radical (unpaired) electrons. The molecule has 3 heteroatoms. The van der Waals surface area contributed by atoms with Gasteiger partial charge >= 0.3 is 5.97 Å². The van der Waals surface area contributed by atoms with E-state index in [0.717, 1.165) is 25.7 Å². The second-order valence-corrected chi connectivity index (χ2v) is 4.98. The van der Waals surface area contributed by atoms with Crippen LogP contribution in [0.4, 0.5) is 0 Å². The zero-order valence-electron chi connectivity index (χ0n) is 11.2. The van der Waals surface area contributed by atoms with E-state index in [9.17, 15) is 4.79 Å². The lowest BCUT2D eigenvalue weighted by molar-refractivity contribution is -0.153. The summed E-state index contributed by atoms with van der Waals surface area (Å²) in [7, 11) is 1.66. The molecule has 1 aliphatic carbocycles. The van der Waals surface area contributed by atoms with Gasteiger partial charge < -0.3 is 9.47 Å². The SMILES string of the molecule is CCCCOC(=O)C(COC)C1CCCCC1. The average molecular weight is 242 g/mol. The number of carbonyl (C=O) groups excluding carboxylic acids is 1. The first kappa shape index (κ1) is 14.5. The van der Waals surface area contributed by atoms with E-state index in [1.807, 2.05) is 0 Å². The molecule has 1 fully saturated rings. The zero-order valence-corrected chi connectivity index (χ0v) is 11.2. The maximum atomic E-state index is 12.0. The van der Waals surface area contributed by atoms with Gasteiger partial charge in [-0.2, -0.15) is 0 Å². The van der Waals surface area contributed by atoms with E-state index < -0.39 is 0 Å². The lowest BCUT2D eigenvalue weighted by Crippen LogP contribution is -2.31. The van der Waals surface area contributed by atoms with Crippen LogP contribution in [-0.4, -0.2) is 26.3 Å². The lowest BCUT2D eigenvalue weighted by Gasteiger charge is -2.28. The predicted octanol–water partition coefficient (Wildman–Crippen LogP) is 3.17. The predicted molar refractivity (Wildman–Crippen MR) is 67.8 cm³/mol. The maximum absolute atomic E-state index is 12.0. The number of carbonyl (C=O) groups is 1. The second kappa shape index (κ2) is 8.51. The van der Waals surface area contributed by atoms with Gasteiger partial charge in [0, 0.05) is 7.11 Å². The van der Waals surface area contributed by atoms with Crippen LogP contribution < -0.4 is 0 Å². The van der Waals surface area contributed by atoms with Crippen LogP contribution in [0.3, 0.4) is 0 Å². The molecule has 1 aliphatic rings. The van der Waals surface area contributed by atoms with Crippen LogP contribution in [0.5, 0.6) is 0 Å². The zero-order chi connectivity index (χ0) is 12.5. The molecule has 0 aromatic carbocycles. The molecule has 1 rings (SSSR count). The highest BCUT2D eigenvalue weighted by Gasteiger charge is 2.30. The smallest absolute Gasteiger partial charge is 0.311 e. The van der Waals surface area contributed by atoms with E-state index in [4.69, 9.17) is 9.47 Å². The molecule has 17 heavy (non-hydrogen) atoms.